The van der Waals surface area contributed by atoms with Crippen LogP contribution in [0, 0.1) is 0 Å². The molecule has 5 rings (SSSR count). The summed E-state index contributed by atoms with van der Waals surface area (Å²) >= 11 is 0. The number of benzene rings is 2. The number of rotatable bonds is 9. The maximum absolute atomic E-state index is 14.1. The van der Waals surface area contributed by atoms with E-state index in [0.717, 1.165) is 11.1 Å². The van der Waals surface area contributed by atoms with Gasteiger partial charge in [0, 0.05) is 30.6 Å². The minimum atomic E-state index is -5.31. The van der Waals surface area contributed by atoms with Crippen molar-refractivity contribution in [2.45, 2.75) is 70.5 Å². The summed E-state index contributed by atoms with van der Waals surface area (Å²) in [4.78, 5) is 33.7. The van der Waals surface area contributed by atoms with Crippen molar-refractivity contribution in [1.82, 2.24) is 15.9 Å². The molecule has 15 heteroatoms. The summed E-state index contributed by atoms with van der Waals surface area (Å²) in [6.07, 6.45) is -7.38. The molecule has 3 fully saturated rings. The number of halogens is 3. The number of anilines is 1. The van der Waals surface area contributed by atoms with Gasteiger partial charge in [0.15, 0.2) is 6.29 Å². The lowest BCUT2D eigenvalue weighted by Gasteiger charge is -2.39. The largest absolute Gasteiger partial charge is 0.497 e. The highest BCUT2D eigenvalue weighted by Crippen LogP contribution is 2.41. The molecule has 12 nitrogen and oxygen atoms in total. The second-order valence-electron chi connectivity index (χ2n) is 12.6. The number of nitrogens with two attached hydrogens (primary N) is 1. The van der Waals surface area contributed by atoms with Crippen molar-refractivity contribution in [3.05, 3.63) is 59.2 Å². The van der Waals surface area contributed by atoms with Gasteiger partial charge in [0.2, 0.25) is 18.5 Å². The smallest absolute Gasteiger partial charge is 0.494 e. The Balaban J connectivity index is 1.45. The third-order valence-electron chi connectivity index (χ3n) is 8.34. The molecule has 3 heterocycles. The van der Waals surface area contributed by atoms with Crippen LogP contribution in [0.25, 0.3) is 0 Å². The third kappa shape index (κ3) is 7.30. The monoisotopic (exact) mass is 651 g/mol. The van der Waals surface area contributed by atoms with E-state index in [1.54, 1.807) is 19.2 Å². The number of fused-ring (bicyclic) bond motifs is 1. The molecule has 0 bridgehead atoms. The van der Waals surface area contributed by atoms with Crippen molar-refractivity contribution in [2.75, 3.05) is 44.9 Å². The van der Waals surface area contributed by atoms with Crippen LogP contribution in [-0.2, 0) is 31.1 Å². The summed E-state index contributed by atoms with van der Waals surface area (Å²) in [6, 6.07) is 12.8. The number of Topliss-reactive ketones (excluding diaryl/α,β-unsaturated/α-hetero) is 1. The van der Waals surface area contributed by atoms with Crippen LogP contribution >= 0.6 is 0 Å². The van der Waals surface area contributed by atoms with E-state index in [9.17, 15) is 22.8 Å². The summed E-state index contributed by atoms with van der Waals surface area (Å²) < 4.78 is 56.9. The molecular formula is C31H42F3N6O6+. The van der Waals surface area contributed by atoms with Gasteiger partial charge in [-0.3, -0.25) is 10.5 Å². The van der Waals surface area contributed by atoms with Crippen molar-refractivity contribution >= 4 is 17.4 Å². The summed E-state index contributed by atoms with van der Waals surface area (Å²) in [7, 11) is 1.56. The predicted molar refractivity (Wildman–Crippen MR) is 160 cm³/mol. The zero-order valence-electron chi connectivity index (χ0n) is 26.4. The number of carbonyl (C=O) groups is 2. The number of hydrogen-bond donors (Lipinski definition) is 3. The molecule has 4 atom stereocenters. The van der Waals surface area contributed by atoms with E-state index in [2.05, 4.69) is 15.8 Å². The Kier molecular flexibility index (Phi) is 9.94. The van der Waals surface area contributed by atoms with Crippen LogP contribution in [0.3, 0.4) is 0 Å². The molecular weight excluding hydrogens is 609 g/mol. The normalized spacial score (nSPS) is 25.7. The molecule has 0 radical (unpaired) electrons. The molecule has 0 aliphatic carbocycles. The number of nitrogens with one attached hydrogen (secondary N) is 2. The summed E-state index contributed by atoms with van der Waals surface area (Å²) in [5.41, 5.74) is 14.3. The average Bonchev–Trinajstić information content (AvgIpc) is 3.29. The van der Waals surface area contributed by atoms with Gasteiger partial charge in [0.25, 0.3) is 0 Å². The van der Waals surface area contributed by atoms with Crippen molar-refractivity contribution in [3.8, 4) is 5.75 Å². The number of hydrogen-bond acceptors (Lipinski definition) is 11. The quantitative estimate of drug-likeness (QED) is 0.274. The van der Waals surface area contributed by atoms with E-state index >= 15 is 0 Å². The van der Waals surface area contributed by atoms with Gasteiger partial charge in [-0.05, 0) is 34.3 Å². The molecule has 0 aromatic heterocycles. The van der Waals surface area contributed by atoms with Crippen molar-refractivity contribution in [3.63, 3.8) is 0 Å². The van der Waals surface area contributed by atoms with Gasteiger partial charge in [-0.25, -0.2) is 15.1 Å². The molecule has 3 aliphatic rings. The first-order chi connectivity index (χ1) is 21.7. The van der Waals surface area contributed by atoms with Crippen LogP contribution in [0.15, 0.2) is 42.5 Å². The van der Waals surface area contributed by atoms with E-state index in [1.807, 2.05) is 51.1 Å². The zero-order chi connectivity index (χ0) is 33.3. The van der Waals surface area contributed by atoms with Crippen molar-refractivity contribution in [2.24, 2.45) is 5.73 Å². The molecule has 252 valence electrons. The van der Waals surface area contributed by atoms with Gasteiger partial charge in [0.05, 0.1) is 32.6 Å². The fourth-order valence-electron chi connectivity index (χ4n) is 6.06. The first kappa shape index (κ1) is 34.0. The first-order valence-electron chi connectivity index (χ1n) is 15.2. The molecule has 3 aliphatic heterocycles. The van der Waals surface area contributed by atoms with Crippen LogP contribution in [0.1, 0.15) is 55.1 Å². The lowest BCUT2D eigenvalue weighted by Crippen LogP contribution is -2.66. The summed E-state index contributed by atoms with van der Waals surface area (Å²) in [5, 5.41) is 1.45. The first-order valence-corrected chi connectivity index (χ1v) is 15.2. The number of nitrogens with zero attached hydrogens (tertiary/aromatic N) is 3. The maximum atomic E-state index is 14.1. The SMILES string of the molecule is COc1c(N2CCOCC2)cc(C(=O)C[N+]2(OC(=O)C(F)(F)F)NC(N)N3NC(OCc4ccccc4)CCC32)cc1C(C)(C)C. The Morgan fingerprint density at radius 1 is 1.09 bits per heavy atom. The Morgan fingerprint density at radius 2 is 1.78 bits per heavy atom. The number of ketones is 1. The topological polar surface area (TPSA) is 128 Å². The fraction of sp³-hybridized carbons (Fsp3) is 0.548. The number of alkyl halides is 3. The number of hydrazine groups is 1. The van der Waals surface area contributed by atoms with Crippen molar-refractivity contribution in [1.29, 1.82) is 0 Å². The van der Waals surface area contributed by atoms with Crippen LogP contribution in [-0.4, -0.2) is 86.3 Å². The average molecular weight is 652 g/mol. The van der Waals surface area contributed by atoms with Crippen LogP contribution < -0.4 is 26.2 Å². The van der Waals surface area contributed by atoms with Gasteiger partial charge >= 0.3 is 12.1 Å². The number of morpholine rings is 1. The van der Waals surface area contributed by atoms with Gasteiger partial charge in [-0.1, -0.05) is 56.5 Å². The van der Waals surface area contributed by atoms with E-state index in [-0.39, 0.29) is 12.0 Å². The molecule has 0 spiro atoms. The summed E-state index contributed by atoms with van der Waals surface area (Å²) in [5.74, 6) is -2.39. The van der Waals surface area contributed by atoms with E-state index in [4.69, 9.17) is 24.8 Å². The number of methoxy groups -OCH3 is 1. The van der Waals surface area contributed by atoms with Gasteiger partial charge in [-0.2, -0.15) is 13.2 Å². The van der Waals surface area contributed by atoms with Crippen molar-refractivity contribution < 1.29 is 46.6 Å². The molecule has 4 unspecified atom stereocenters. The molecule has 2 aromatic carbocycles. The fourth-order valence-corrected chi connectivity index (χ4v) is 6.06. The Bertz CT molecular complexity index is 1400. The highest BCUT2D eigenvalue weighted by atomic mass is 19.4. The Labute approximate surface area is 266 Å². The van der Waals surface area contributed by atoms with Gasteiger partial charge in [-0.15, -0.1) is 5.01 Å². The third-order valence-corrected chi connectivity index (χ3v) is 8.34. The molecule has 3 saturated heterocycles. The highest BCUT2D eigenvalue weighted by Gasteiger charge is 2.61. The second kappa shape index (κ2) is 13.4. The summed E-state index contributed by atoms with van der Waals surface area (Å²) in [6.45, 7) is 7.66. The molecule has 0 saturated carbocycles. The molecule has 46 heavy (non-hydrogen) atoms. The van der Waals surface area contributed by atoms with Crippen LogP contribution in [0.5, 0.6) is 5.75 Å². The molecule has 0 amide bonds. The molecule has 2 aromatic rings. The van der Waals surface area contributed by atoms with Crippen LogP contribution in [0.2, 0.25) is 0 Å². The van der Waals surface area contributed by atoms with E-state index in [1.165, 1.54) is 5.01 Å². The zero-order valence-corrected chi connectivity index (χ0v) is 26.4. The standard InChI is InChI=1S/C31H42F3N6O6/c1-30(2,3)22-16-21(17-23(27(22)43-4)38-12-14-44-15-13-38)24(41)18-40(46-28(42)31(32,33)34)26-11-10-25(36-39(26)29(35)37-40)45-19-20-8-6-5-7-9-20/h5-9,16-17,25-26,29,36-37H,10-15,18-19,35H2,1-4H3/q+1. The second-order valence-corrected chi connectivity index (χ2v) is 12.6. The highest BCUT2D eigenvalue weighted by molar-refractivity contribution is 5.99. The lowest BCUT2D eigenvalue weighted by molar-refractivity contribution is -1.13. The van der Waals surface area contributed by atoms with E-state index < -0.39 is 53.3 Å². The maximum Gasteiger partial charge on any atom is 0.497 e. The Hall–Kier alpha value is -3.31. The van der Waals surface area contributed by atoms with E-state index in [0.29, 0.717) is 50.8 Å². The molecule has 4 N–H and O–H groups in total. The number of hydroxylamine groups is 2. The Morgan fingerprint density at radius 3 is 2.41 bits per heavy atom. The van der Waals surface area contributed by atoms with Gasteiger partial charge < -0.3 is 19.1 Å². The number of ether oxygens (including phenoxy) is 3. The minimum absolute atomic E-state index is 0.195. The number of quaternary nitrogens is 1. The number of carbonyl (C=O) groups excluding carboxylic acids is 2. The van der Waals surface area contributed by atoms with Gasteiger partial charge in [0.1, 0.15) is 12.0 Å². The van der Waals surface area contributed by atoms with Crippen LogP contribution in [0.4, 0.5) is 18.9 Å². The lowest BCUT2D eigenvalue weighted by atomic mass is 9.84. The predicted octanol–water partition coefficient (Wildman–Crippen LogP) is 3.08. The minimum Gasteiger partial charge on any atom is -0.494 e.